The highest BCUT2D eigenvalue weighted by Crippen LogP contribution is 2.22. The highest BCUT2D eigenvalue weighted by molar-refractivity contribution is 7.89. The number of ether oxygens (including phenoxy) is 1. The Morgan fingerprint density at radius 1 is 1.22 bits per heavy atom. The molecule has 0 spiro atoms. The maximum Gasteiger partial charge on any atom is 0.310 e. The summed E-state index contributed by atoms with van der Waals surface area (Å²) >= 11 is 0. The number of hydrogen-bond acceptors (Lipinski definition) is 5. The van der Waals surface area contributed by atoms with Gasteiger partial charge in [0.1, 0.15) is 0 Å². The fourth-order valence-corrected chi connectivity index (χ4v) is 4.80. The Hall–Kier alpha value is -1.93. The number of amides is 1. The Bertz CT molecular complexity index is 774. The Labute approximate surface area is 161 Å². The highest BCUT2D eigenvalue weighted by atomic mass is 32.2. The van der Waals surface area contributed by atoms with Crippen LogP contribution in [0.4, 0.5) is 0 Å². The van der Waals surface area contributed by atoms with Crippen molar-refractivity contribution in [2.45, 2.75) is 38.5 Å². The van der Waals surface area contributed by atoms with Gasteiger partial charge in [0.15, 0.2) is 0 Å². The maximum atomic E-state index is 12.9. The number of piperidine rings is 1. The summed E-state index contributed by atoms with van der Waals surface area (Å²) in [5, 5.41) is 0. The molecule has 1 atom stereocenters. The summed E-state index contributed by atoms with van der Waals surface area (Å²) in [6.45, 7) is 7.19. The number of likely N-dealkylation sites (tertiary alicyclic amines) is 1. The molecule has 1 aliphatic heterocycles. The van der Waals surface area contributed by atoms with Crippen molar-refractivity contribution in [2.24, 2.45) is 5.92 Å². The first-order chi connectivity index (χ1) is 12.8. The van der Waals surface area contributed by atoms with Gasteiger partial charge in [-0.25, -0.2) is 8.42 Å². The number of carbonyl (C=O) groups excluding carboxylic acids is 2. The Morgan fingerprint density at radius 3 is 2.56 bits per heavy atom. The van der Waals surface area contributed by atoms with Gasteiger partial charge < -0.3 is 9.64 Å². The van der Waals surface area contributed by atoms with Crippen molar-refractivity contribution in [3.63, 3.8) is 0 Å². The highest BCUT2D eigenvalue weighted by Gasteiger charge is 2.30. The molecule has 150 valence electrons. The van der Waals surface area contributed by atoms with Crippen LogP contribution in [0.15, 0.2) is 29.2 Å². The van der Waals surface area contributed by atoms with Crippen LogP contribution in [0, 0.1) is 5.92 Å². The third kappa shape index (κ3) is 4.87. The van der Waals surface area contributed by atoms with Gasteiger partial charge in [-0.1, -0.05) is 19.9 Å². The van der Waals surface area contributed by atoms with Gasteiger partial charge >= 0.3 is 5.97 Å². The number of benzene rings is 1. The van der Waals surface area contributed by atoms with Crippen LogP contribution in [-0.2, 0) is 19.6 Å². The van der Waals surface area contributed by atoms with Crippen LogP contribution < -0.4 is 0 Å². The third-order valence-electron chi connectivity index (χ3n) is 4.75. The SMILES string of the molecule is CCOC(=O)C1CCCN(C(=O)c2cccc(S(=O)(=O)N(CC)CC)c2)C1. The zero-order chi connectivity index (χ0) is 20.0. The molecule has 1 aromatic rings. The van der Waals surface area contributed by atoms with Crippen LogP contribution in [0.1, 0.15) is 44.0 Å². The smallest absolute Gasteiger partial charge is 0.310 e. The summed E-state index contributed by atoms with van der Waals surface area (Å²) in [5.74, 6) is -0.876. The van der Waals surface area contributed by atoms with Crippen LogP contribution in [0.2, 0.25) is 0 Å². The lowest BCUT2D eigenvalue weighted by Gasteiger charge is -2.31. The lowest BCUT2D eigenvalue weighted by atomic mass is 9.97. The summed E-state index contributed by atoms with van der Waals surface area (Å²) in [4.78, 5) is 26.6. The van der Waals surface area contributed by atoms with E-state index in [1.807, 2.05) is 0 Å². The van der Waals surface area contributed by atoms with E-state index >= 15 is 0 Å². The van der Waals surface area contributed by atoms with E-state index in [2.05, 4.69) is 0 Å². The van der Waals surface area contributed by atoms with Gasteiger partial charge in [0, 0.05) is 31.7 Å². The van der Waals surface area contributed by atoms with E-state index < -0.39 is 10.0 Å². The molecule has 1 amide bonds. The first-order valence-electron chi connectivity index (χ1n) is 9.41. The van der Waals surface area contributed by atoms with Crippen LogP contribution in [0.25, 0.3) is 0 Å². The second kappa shape index (κ2) is 9.32. The van der Waals surface area contributed by atoms with Crippen molar-refractivity contribution in [2.75, 3.05) is 32.8 Å². The van der Waals surface area contributed by atoms with Gasteiger partial charge in [0.2, 0.25) is 10.0 Å². The quantitative estimate of drug-likeness (QED) is 0.659. The van der Waals surface area contributed by atoms with E-state index in [-0.39, 0.29) is 22.7 Å². The van der Waals surface area contributed by atoms with Crippen LogP contribution in [0.5, 0.6) is 0 Å². The van der Waals surface area contributed by atoms with Crippen molar-refractivity contribution >= 4 is 21.9 Å². The molecule has 1 saturated heterocycles. The summed E-state index contributed by atoms with van der Waals surface area (Å²) in [7, 11) is -3.63. The molecule has 0 bridgehead atoms. The number of sulfonamides is 1. The second-order valence-electron chi connectivity index (χ2n) is 6.46. The zero-order valence-electron chi connectivity index (χ0n) is 16.2. The van der Waals surface area contributed by atoms with Gasteiger partial charge in [0.05, 0.1) is 17.4 Å². The average Bonchev–Trinajstić information content (AvgIpc) is 2.68. The third-order valence-corrected chi connectivity index (χ3v) is 6.80. The molecule has 0 N–H and O–H groups in total. The molecule has 1 aromatic carbocycles. The summed E-state index contributed by atoms with van der Waals surface area (Å²) in [6.07, 6.45) is 1.41. The summed E-state index contributed by atoms with van der Waals surface area (Å²) < 4.78 is 31.8. The van der Waals surface area contributed by atoms with E-state index in [1.54, 1.807) is 37.8 Å². The van der Waals surface area contributed by atoms with Crippen molar-refractivity contribution in [1.82, 2.24) is 9.21 Å². The van der Waals surface area contributed by atoms with Crippen molar-refractivity contribution in [3.05, 3.63) is 29.8 Å². The molecule has 1 aliphatic rings. The van der Waals surface area contributed by atoms with Crippen molar-refractivity contribution in [3.8, 4) is 0 Å². The Morgan fingerprint density at radius 2 is 1.93 bits per heavy atom. The molecule has 7 nitrogen and oxygen atoms in total. The lowest BCUT2D eigenvalue weighted by Crippen LogP contribution is -2.42. The molecule has 8 heteroatoms. The molecule has 1 unspecified atom stereocenters. The lowest BCUT2D eigenvalue weighted by molar-refractivity contribution is -0.149. The number of esters is 1. The first-order valence-corrected chi connectivity index (χ1v) is 10.8. The topological polar surface area (TPSA) is 84.0 Å². The molecule has 0 aromatic heterocycles. The second-order valence-corrected chi connectivity index (χ2v) is 8.40. The molecular formula is C19H28N2O5S. The predicted molar refractivity (Wildman–Crippen MR) is 102 cm³/mol. The van der Waals surface area contributed by atoms with E-state index in [9.17, 15) is 18.0 Å². The van der Waals surface area contributed by atoms with Gasteiger partial charge in [-0.05, 0) is 38.0 Å². The molecular weight excluding hydrogens is 368 g/mol. The number of nitrogens with zero attached hydrogens (tertiary/aromatic N) is 2. The molecule has 1 heterocycles. The largest absolute Gasteiger partial charge is 0.466 e. The first kappa shape index (κ1) is 21.4. The number of hydrogen-bond donors (Lipinski definition) is 0. The monoisotopic (exact) mass is 396 g/mol. The number of rotatable bonds is 7. The van der Waals surface area contributed by atoms with Crippen LogP contribution in [0.3, 0.4) is 0 Å². The molecule has 0 saturated carbocycles. The molecule has 1 fully saturated rings. The van der Waals surface area contributed by atoms with E-state index in [0.29, 0.717) is 51.2 Å². The molecule has 27 heavy (non-hydrogen) atoms. The minimum atomic E-state index is -3.63. The van der Waals surface area contributed by atoms with Gasteiger partial charge in [-0.3, -0.25) is 9.59 Å². The maximum absolute atomic E-state index is 12.9. The normalized spacial score (nSPS) is 17.8. The summed E-state index contributed by atoms with van der Waals surface area (Å²) in [6, 6.07) is 6.11. The van der Waals surface area contributed by atoms with E-state index in [0.717, 1.165) is 0 Å². The molecule has 2 rings (SSSR count). The van der Waals surface area contributed by atoms with E-state index in [1.165, 1.54) is 16.4 Å². The van der Waals surface area contributed by atoms with Crippen molar-refractivity contribution in [1.29, 1.82) is 0 Å². The molecule has 0 aliphatic carbocycles. The van der Waals surface area contributed by atoms with Gasteiger partial charge in [0.25, 0.3) is 5.91 Å². The fraction of sp³-hybridized carbons (Fsp3) is 0.579. The zero-order valence-corrected chi connectivity index (χ0v) is 17.0. The Kier molecular flexibility index (Phi) is 7.38. The van der Waals surface area contributed by atoms with Crippen molar-refractivity contribution < 1.29 is 22.7 Å². The van der Waals surface area contributed by atoms with Crippen LogP contribution in [-0.4, -0.2) is 62.3 Å². The van der Waals surface area contributed by atoms with Gasteiger partial charge in [-0.15, -0.1) is 0 Å². The van der Waals surface area contributed by atoms with E-state index in [4.69, 9.17) is 4.74 Å². The van der Waals surface area contributed by atoms with Gasteiger partial charge in [-0.2, -0.15) is 4.31 Å². The number of carbonyl (C=O) groups is 2. The average molecular weight is 397 g/mol. The standard InChI is InChI=1S/C19H28N2O5S/c1-4-21(5-2)27(24,25)17-11-7-9-15(13-17)18(22)20-12-8-10-16(14-20)19(23)26-6-3/h7,9,11,13,16H,4-6,8,10,12,14H2,1-3H3. The van der Waals surface area contributed by atoms with Crippen LogP contribution >= 0.6 is 0 Å². The Balaban J connectivity index is 2.21. The minimum absolute atomic E-state index is 0.107. The minimum Gasteiger partial charge on any atom is -0.466 e. The molecule has 0 radical (unpaired) electrons. The fourth-order valence-electron chi connectivity index (χ4n) is 3.30. The predicted octanol–water partition coefficient (Wildman–Crippen LogP) is 2.13. The summed E-state index contributed by atoms with van der Waals surface area (Å²) in [5.41, 5.74) is 0.313.